The fraction of sp³-hybridized carbons (Fsp3) is 0.250. The van der Waals surface area contributed by atoms with Crippen LogP contribution in [0.4, 0.5) is 0 Å². The van der Waals surface area contributed by atoms with E-state index in [9.17, 15) is 4.79 Å². The maximum absolute atomic E-state index is 11.6. The molecular weight excluding hydrogens is 358 g/mol. The molecule has 0 saturated heterocycles. The molecule has 0 saturated carbocycles. The lowest BCUT2D eigenvalue weighted by atomic mass is 10.2. The van der Waals surface area contributed by atoms with Crippen LogP contribution in [-0.4, -0.2) is 25.8 Å². The number of H-pyrrole nitrogens is 1. The molecule has 1 aromatic heterocycles. The van der Waals surface area contributed by atoms with Gasteiger partial charge in [-0.3, -0.25) is 4.57 Å². The average Bonchev–Trinajstić information content (AvgIpc) is 2.80. The highest BCUT2D eigenvalue weighted by Crippen LogP contribution is 2.29. The Labute approximate surface area is 133 Å². The zero-order chi connectivity index (χ0) is 15.4. The summed E-state index contributed by atoms with van der Waals surface area (Å²) in [5.74, 6) is 0.0288. The van der Waals surface area contributed by atoms with E-state index < -0.39 is 0 Å². The van der Waals surface area contributed by atoms with Crippen LogP contribution in [0.1, 0.15) is 18.9 Å². The lowest BCUT2D eigenvalue weighted by molar-refractivity contribution is 0.318. The Morgan fingerprint density at radius 3 is 3.00 bits per heavy atom. The van der Waals surface area contributed by atoms with Crippen molar-refractivity contribution in [2.24, 2.45) is 10.9 Å². The van der Waals surface area contributed by atoms with Crippen LogP contribution in [0.15, 0.2) is 42.7 Å². The van der Waals surface area contributed by atoms with Crippen molar-refractivity contribution in [2.45, 2.75) is 29.9 Å². The molecule has 0 amide bonds. The molecule has 9 heteroatoms. The van der Waals surface area contributed by atoms with Gasteiger partial charge in [0.15, 0.2) is 11.0 Å². The third-order valence-corrected chi connectivity index (χ3v) is 4.34. The van der Waals surface area contributed by atoms with Gasteiger partial charge in [-0.05, 0) is 52.3 Å². The van der Waals surface area contributed by atoms with E-state index in [1.54, 1.807) is 10.6 Å². The molecule has 0 aliphatic carbocycles. The van der Waals surface area contributed by atoms with Gasteiger partial charge in [-0.25, -0.2) is 9.89 Å². The van der Waals surface area contributed by atoms with E-state index in [2.05, 4.69) is 31.3 Å². The van der Waals surface area contributed by atoms with E-state index in [0.717, 1.165) is 11.3 Å². The molecule has 2 rings (SSSR count). The Morgan fingerprint density at radius 2 is 2.38 bits per heavy atom. The number of nitrogens with two attached hydrogens (primary N) is 1. The van der Waals surface area contributed by atoms with E-state index >= 15 is 0 Å². The minimum atomic E-state index is -0.216. The second-order valence-electron chi connectivity index (χ2n) is 4.19. The SMILES string of the molecule is CCCn1c(Sc2ccc(/C(N)=N/O)c(Br)c2)n[nH]c1=O. The highest BCUT2D eigenvalue weighted by Gasteiger charge is 2.11. The third-order valence-electron chi connectivity index (χ3n) is 2.70. The van der Waals surface area contributed by atoms with Crippen molar-refractivity contribution in [3.63, 3.8) is 0 Å². The van der Waals surface area contributed by atoms with Crippen LogP contribution >= 0.6 is 27.7 Å². The number of nitrogens with zero attached hydrogens (tertiary/aromatic N) is 3. The largest absolute Gasteiger partial charge is 0.409 e. The molecule has 0 fully saturated rings. The van der Waals surface area contributed by atoms with Crippen LogP contribution in [-0.2, 0) is 6.54 Å². The van der Waals surface area contributed by atoms with Crippen LogP contribution in [0.5, 0.6) is 0 Å². The van der Waals surface area contributed by atoms with Gasteiger partial charge in [-0.2, -0.15) is 0 Å². The van der Waals surface area contributed by atoms with Gasteiger partial charge in [0, 0.05) is 21.5 Å². The molecule has 4 N–H and O–H groups in total. The summed E-state index contributed by atoms with van der Waals surface area (Å²) >= 11 is 4.74. The van der Waals surface area contributed by atoms with Crippen molar-refractivity contribution in [2.75, 3.05) is 0 Å². The molecule has 1 aromatic carbocycles. The summed E-state index contributed by atoms with van der Waals surface area (Å²) in [6, 6.07) is 5.38. The van der Waals surface area contributed by atoms with Gasteiger partial charge in [-0.15, -0.1) is 5.10 Å². The number of hydrogen-bond donors (Lipinski definition) is 3. The number of aromatic nitrogens is 3. The number of benzene rings is 1. The van der Waals surface area contributed by atoms with Gasteiger partial charge in [-0.1, -0.05) is 12.1 Å². The molecule has 0 radical (unpaired) electrons. The molecular formula is C12H14BrN5O2S. The van der Waals surface area contributed by atoms with Crippen molar-refractivity contribution in [3.05, 3.63) is 38.7 Å². The maximum atomic E-state index is 11.6. The summed E-state index contributed by atoms with van der Waals surface area (Å²) in [6.07, 6.45) is 0.846. The van der Waals surface area contributed by atoms with Gasteiger partial charge < -0.3 is 10.9 Å². The molecule has 0 atom stereocenters. The van der Waals surface area contributed by atoms with Crippen molar-refractivity contribution >= 4 is 33.5 Å². The standard InChI is InChI=1S/C12H14BrN5O2S/c1-2-5-18-11(19)15-16-12(18)21-7-3-4-8(9(13)6-7)10(14)17-20/h3-4,6,20H,2,5H2,1H3,(H2,14,17)(H,15,19). The summed E-state index contributed by atoms with van der Waals surface area (Å²) in [6.45, 7) is 2.61. The van der Waals surface area contributed by atoms with Crippen LogP contribution in [0.3, 0.4) is 0 Å². The molecule has 0 aliphatic rings. The summed E-state index contributed by atoms with van der Waals surface area (Å²) in [5.41, 5.74) is 5.94. The number of rotatable bonds is 5. The number of aromatic amines is 1. The van der Waals surface area contributed by atoms with Crippen LogP contribution in [0.2, 0.25) is 0 Å². The topological polar surface area (TPSA) is 109 Å². The number of oxime groups is 1. The number of amidine groups is 1. The second kappa shape index (κ2) is 6.81. The highest BCUT2D eigenvalue weighted by molar-refractivity contribution is 9.10. The quantitative estimate of drug-likeness (QED) is 0.322. The van der Waals surface area contributed by atoms with Crippen molar-refractivity contribution in [1.82, 2.24) is 14.8 Å². The Bertz CT molecular complexity index is 725. The zero-order valence-electron chi connectivity index (χ0n) is 11.2. The lowest BCUT2D eigenvalue weighted by Gasteiger charge is -2.06. The first-order valence-electron chi connectivity index (χ1n) is 6.17. The molecule has 21 heavy (non-hydrogen) atoms. The molecule has 0 unspecified atom stereocenters. The average molecular weight is 372 g/mol. The van der Waals surface area contributed by atoms with Gasteiger partial charge in [0.2, 0.25) is 0 Å². The summed E-state index contributed by atoms with van der Waals surface area (Å²) in [7, 11) is 0. The molecule has 1 heterocycles. The minimum Gasteiger partial charge on any atom is -0.409 e. The van der Waals surface area contributed by atoms with Gasteiger partial charge in [0.25, 0.3) is 0 Å². The van der Waals surface area contributed by atoms with E-state index in [4.69, 9.17) is 10.9 Å². The van der Waals surface area contributed by atoms with E-state index in [-0.39, 0.29) is 11.5 Å². The summed E-state index contributed by atoms with van der Waals surface area (Å²) in [5, 5.41) is 18.7. The van der Waals surface area contributed by atoms with Crippen molar-refractivity contribution in [3.8, 4) is 0 Å². The molecule has 7 nitrogen and oxygen atoms in total. The fourth-order valence-corrected chi connectivity index (χ4v) is 3.36. The highest BCUT2D eigenvalue weighted by atomic mass is 79.9. The first-order chi connectivity index (χ1) is 10.1. The first kappa shape index (κ1) is 15.6. The van der Waals surface area contributed by atoms with Gasteiger partial charge in [0.1, 0.15) is 0 Å². The molecule has 112 valence electrons. The Morgan fingerprint density at radius 1 is 1.62 bits per heavy atom. The van der Waals surface area contributed by atoms with Crippen LogP contribution < -0.4 is 11.4 Å². The predicted molar refractivity (Wildman–Crippen MR) is 83.9 cm³/mol. The maximum Gasteiger partial charge on any atom is 0.343 e. The molecule has 0 bridgehead atoms. The minimum absolute atomic E-state index is 0.0288. The van der Waals surface area contributed by atoms with Crippen LogP contribution in [0, 0.1) is 0 Å². The molecule has 0 aliphatic heterocycles. The number of nitrogens with one attached hydrogen (secondary N) is 1. The number of halogens is 1. The first-order valence-corrected chi connectivity index (χ1v) is 7.78. The van der Waals surface area contributed by atoms with Crippen LogP contribution in [0.25, 0.3) is 0 Å². The van der Waals surface area contributed by atoms with Crippen molar-refractivity contribution in [1.29, 1.82) is 0 Å². The summed E-state index contributed by atoms with van der Waals surface area (Å²) < 4.78 is 2.29. The lowest BCUT2D eigenvalue weighted by Crippen LogP contribution is -2.17. The Kier molecular flexibility index (Phi) is 5.07. The smallest absolute Gasteiger partial charge is 0.343 e. The van der Waals surface area contributed by atoms with E-state index in [1.165, 1.54) is 11.8 Å². The van der Waals surface area contributed by atoms with Gasteiger partial charge in [0.05, 0.1) is 0 Å². The molecule has 2 aromatic rings. The third kappa shape index (κ3) is 3.48. The second-order valence-corrected chi connectivity index (χ2v) is 6.09. The Hall–Kier alpha value is -1.74. The number of hydrogen-bond acceptors (Lipinski definition) is 5. The van der Waals surface area contributed by atoms with Crippen molar-refractivity contribution < 1.29 is 5.21 Å². The summed E-state index contributed by atoms with van der Waals surface area (Å²) in [4.78, 5) is 12.5. The Balaban J connectivity index is 2.29. The van der Waals surface area contributed by atoms with E-state index in [0.29, 0.717) is 21.7 Å². The van der Waals surface area contributed by atoms with Gasteiger partial charge >= 0.3 is 5.69 Å². The zero-order valence-corrected chi connectivity index (χ0v) is 13.6. The normalized spacial score (nSPS) is 11.8. The van der Waals surface area contributed by atoms with E-state index in [1.807, 2.05) is 19.1 Å². The predicted octanol–water partition coefficient (Wildman–Crippen LogP) is 1.99. The fourth-order valence-electron chi connectivity index (χ4n) is 1.73. The molecule has 0 spiro atoms. The monoisotopic (exact) mass is 371 g/mol.